The Balaban J connectivity index is 2.22. The van der Waals surface area contributed by atoms with Crippen molar-refractivity contribution in [2.75, 3.05) is 5.32 Å². The highest BCUT2D eigenvalue weighted by Crippen LogP contribution is 2.31. The average molecular weight is 236 g/mol. The minimum absolute atomic E-state index is 0.0995. The SMILES string of the molecule is CCC(CC)NC1C(=O)Nc2cc(F)ccc21. The molecule has 1 aromatic rings. The predicted octanol–water partition coefficient (Wildman–Crippen LogP) is 2.60. The van der Waals surface area contributed by atoms with Gasteiger partial charge < -0.3 is 5.32 Å². The first kappa shape index (κ1) is 12.0. The maximum Gasteiger partial charge on any atom is 0.246 e. The second-order valence-corrected chi connectivity index (χ2v) is 4.33. The molecule has 2 N–H and O–H groups in total. The fourth-order valence-corrected chi connectivity index (χ4v) is 2.16. The van der Waals surface area contributed by atoms with Crippen molar-refractivity contribution in [2.24, 2.45) is 0 Å². The first-order valence-corrected chi connectivity index (χ1v) is 6.02. The molecule has 17 heavy (non-hydrogen) atoms. The first-order chi connectivity index (χ1) is 8.15. The number of anilines is 1. The molecule has 2 rings (SSSR count). The minimum atomic E-state index is -0.351. The van der Waals surface area contributed by atoms with E-state index >= 15 is 0 Å². The third-order valence-corrected chi connectivity index (χ3v) is 3.23. The molecule has 1 unspecified atom stereocenters. The van der Waals surface area contributed by atoms with E-state index in [1.54, 1.807) is 6.07 Å². The van der Waals surface area contributed by atoms with Crippen LogP contribution in [0.2, 0.25) is 0 Å². The molecule has 1 aromatic carbocycles. The molecule has 92 valence electrons. The van der Waals surface area contributed by atoms with Crippen LogP contribution in [0.15, 0.2) is 18.2 Å². The number of carbonyl (C=O) groups is 1. The number of halogens is 1. The largest absolute Gasteiger partial charge is 0.324 e. The number of amides is 1. The molecule has 0 saturated carbocycles. The zero-order chi connectivity index (χ0) is 12.4. The van der Waals surface area contributed by atoms with Crippen molar-refractivity contribution >= 4 is 11.6 Å². The molecule has 1 heterocycles. The lowest BCUT2D eigenvalue weighted by molar-refractivity contribution is -0.117. The number of hydrogen-bond donors (Lipinski definition) is 2. The molecule has 0 bridgehead atoms. The maximum absolute atomic E-state index is 13.0. The second-order valence-electron chi connectivity index (χ2n) is 4.33. The molecule has 0 aromatic heterocycles. The molecule has 0 aliphatic carbocycles. The van der Waals surface area contributed by atoms with E-state index in [0.717, 1.165) is 18.4 Å². The van der Waals surface area contributed by atoms with Gasteiger partial charge in [0.15, 0.2) is 0 Å². The fourth-order valence-electron chi connectivity index (χ4n) is 2.16. The predicted molar refractivity (Wildman–Crippen MR) is 65.3 cm³/mol. The van der Waals surface area contributed by atoms with Gasteiger partial charge in [-0.1, -0.05) is 19.9 Å². The van der Waals surface area contributed by atoms with Crippen molar-refractivity contribution in [3.8, 4) is 0 Å². The number of carbonyl (C=O) groups excluding carboxylic acids is 1. The molecule has 0 radical (unpaired) electrons. The number of nitrogens with one attached hydrogen (secondary N) is 2. The number of fused-ring (bicyclic) bond motifs is 1. The summed E-state index contributed by atoms with van der Waals surface area (Å²) < 4.78 is 13.0. The Bertz CT molecular complexity index is 429. The Morgan fingerprint density at radius 2 is 2.12 bits per heavy atom. The Morgan fingerprint density at radius 1 is 1.41 bits per heavy atom. The van der Waals surface area contributed by atoms with Gasteiger partial charge in [-0.25, -0.2) is 4.39 Å². The zero-order valence-corrected chi connectivity index (χ0v) is 10.1. The highest BCUT2D eigenvalue weighted by molar-refractivity contribution is 6.02. The van der Waals surface area contributed by atoms with E-state index < -0.39 is 0 Å². The van der Waals surface area contributed by atoms with E-state index in [4.69, 9.17) is 0 Å². The van der Waals surface area contributed by atoms with E-state index in [1.165, 1.54) is 12.1 Å². The van der Waals surface area contributed by atoms with Crippen molar-refractivity contribution in [3.05, 3.63) is 29.6 Å². The molecule has 1 aliphatic rings. The Labute approximate surface area is 100 Å². The number of hydrogen-bond acceptors (Lipinski definition) is 2. The zero-order valence-electron chi connectivity index (χ0n) is 10.1. The summed E-state index contributed by atoms with van der Waals surface area (Å²) in [6.45, 7) is 4.17. The van der Waals surface area contributed by atoms with Gasteiger partial charge in [0.05, 0.1) is 0 Å². The average Bonchev–Trinajstić information content (AvgIpc) is 2.61. The molecule has 3 nitrogen and oxygen atoms in total. The van der Waals surface area contributed by atoms with Crippen molar-refractivity contribution < 1.29 is 9.18 Å². The van der Waals surface area contributed by atoms with E-state index in [9.17, 15) is 9.18 Å². The van der Waals surface area contributed by atoms with Gasteiger partial charge in [-0.05, 0) is 25.0 Å². The monoisotopic (exact) mass is 236 g/mol. The summed E-state index contributed by atoms with van der Waals surface area (Å²) in [5.41, 5.74) is 1.42. The van der Waals surface area contributed by atoms with Gasteiger partial charge in [0.25, 0.3) is 0 Å². The first-order valence-electron chi connectivity index (χ1n) is 6.02. The molecule has 0 saturated heterocycles. The lowest BCUT2D eigenvalue weighted by Crippen LogP contribution is -2.35. The van der Waals surface area contributed by atoms with Gasteiger partial charge in [-0.15, -0.1) is 0 Å². The van der Waals surface area contributed by atoms with Crippen molar-refractivity contribution in [3.63, 3.8) is 0 Å². The molecule has 1 aliphatic heterocycles. The summed E-state index contributed by atoms with van der Waals surface area (Å²) in [7, 11) is 0. The summed E-state index contributed by atoms with van der Waals surface area (Å²) in [6, 6.07) is 4.38. The molecule has 0 fully saturated rings. The molecule has 1 atom stereocenters. The Morgan fingerprint density at radius 3 is 2.76 bits per heavy atom. The Kier molecular flexibility index (Phi) is 3.43. The van der Waals surface area contributed by atoms with Crippen LogP contribution in [-0.4, -0.2) is 11.9 Å². The fraction of sp³-hybridized carbons (Fsp3) is 0.462. The summed E-state index contributed by atoms with van der Waals surface area (Å²) in [5.74, 6) is -0.426. The lowest BCUT2D eigenvalue weighted by atomic mass is 10.1. The van der Waals surface area contributed by atoms with Crippen molar-refractivity contribution in [1.82, 2.24) is 5.32 Å². The van der Waals surface area contributed by atoms with Gasteiger partial charge in [0, 0.05) is 17.3 Å². The quantitative estimate of drug-likeness (QED) is 0.843. The molecular formula is C13H17FN2O. The highest BCUT2D eigenvalue weighted by atomic mass is 19.1. The van der Waals surface area contributed by atoms with Gasteiger partial charge in [0.1, 0.15) is 11.9 Å². The van der Waals surface area contributed by atoms with E-state index in [0.29, 0.717) is 11.7 Å². The van der Waals surface area contributed by atoms with Gasteiger partial charge in [0.2, 0.25) is 5.91 Å². The standard InChI is InChI=1S/C13H17FN2O/c1-3-9(4-2)15-12-10-6-5-8(14)7-11(10)16-13(12)17/h5-7,9,12,15H,3-4H2,1-2H3,(H,16,17). The molecular weight excluding hydrogens is 219 g/mol. The third kappa shape index (κ3) is 2.31. The highest BCUT2D eigenvalue weighted by Gasteiger charge is 2.31. The normalized spacial score (nSPS) is 18.4. The van der Waals surface area contributed by atoms with Crippen molar-refractivity contribution in [1.29, 1.82) is 0 Å². The van der Waals surface area contributed by atoms with Crippen LogP contribution in [0.3, 0.4) is 0 Å². The van der Waals surface area contributed by atoms with Crippen LogP contribution in [0.1, 0.15) is 38.3 Å². The molecule has 0 spiro atoms. The van der Waals surface area contributed by atoms with E-state index in [2.05, 4.69) is 24.5 Å². The van der Waals surface area contributed by atoms with Gasteiger partial charge in [-0.2, -0.15) is 0 Å². The lowest BCUT2D eigenvalue weighted by Gasteiger charge is -2.19. The van der Waals surface area contributed by atoms with Crippen LogP contribution in [-0.2, 0) is 4.79 Å². The topological polar surface area (TPSA) is 41.1 Å². The summed E-state index contributed by atoms with van der Waals surface area (Å²) in [6.07, 6.45) is 1.94. The van der Waals surface area contributed by atoms with Crippen LogP contribution in [0.4, 0.5) is 10.1 Å². The van der Waals surface area contributed by atoms with Gasteiger partial charge in [-0.3, -0.25) is 10.1 Å². The summed E-state index contributed by atoms with van der Waals surface area (Å²) in [5, 5.41) is 6.01. The minimum Gasteiger partial charge on any atom is -0.324 e. The van der Waals surface area contributed by atoms with Crippen LogP contribution in [0.25, 0.3) is 0 Å². The van der Waals surface area contributed by atoms with E-state index in [1.807, 2.05) is 0 Å². The van der Waals surface area contributed by atoms with Crippen LogP contribution < -0.4 is 10.6 Å². The second kappa shape index (κ2) is 4.84. The summed E-state index contributed by atoms with van der Waals surface area (Å²) >= 11 is 0. The number of benzene rings is 1. The van der Waals surface area contributed by atoms with Crippen LogP contribution >= 0.6 is 0 Å². The Hall–Kier alpha value is -1.42. The molecule has 1 amide bonds. The smallest absolute Gasteiger partial charge is 0.246 e. The van der Waals surface area contributed by atoms with E-state index in [-0.39, 0.29) is 17.8 Å². The van der Waals surface area contributed by atoms with Gasteiger partial charge >= 0.3 is 0 Å². The maximum atomic E-state index is 13.0. The van der Waals surface area contributed by atoms with Crippen LogP contribution in [0, 0.1) is 5.82 Å². The molecule has 4 heteroatoms. The number of rotatable bonds is 4. The van der Waals surface area contributed by atoms with Crippen molar-refractivity contribution in [2.45, 2.75) is 38.8 Å². The van der Waals surface area contributed by atoms with Crippen LogP contribution in [0.5, 0.6) is 0 Å². The summed E-state index contributed by atoms with van der Waals surface area (Å²) in [4.78, 5) is 11.8. The third-order valence-electron chi connectivity index (χ3n) is 3.23.